The van der Waals surface area contributed by atoms with E-state index in [1.165, 1.54) is 71.1 Å². The fraction of sp³-hybridized carbons (Fsp3) is 1.00. The summed E-state index contributed by atoms with van der Waals surface area (Å²) in [6, 6.07) is 0. The van der Waals surface area contributed by atoms with E-state index in [9.17, 15) is 0 Å². The lowest BCUT2D eigenvalue weighted by Gasteiger charge is -2.20. The van der Waals surface area contributed by atoms with E-state index < -0.39 is 0 Å². The Morgan fingerprint density at radius 3 is 0.704 bits per heavy atom. The Labute approximate surface area is 188 Å². The number of rotatable bonds is 0. The van der Waals surface area contributed by atoms with Crippen molar-refractivity contribution in [3.63, 3.8) is 0 Å². The SMILES string of the molecule is CC.CC.CC.CCC.CN1CCCCC1.CN1CCCCC1.CS.CS. The van der Waals surface area contributed by atoms with Crippen LogP contribution in [0.3, 0.4) is 0 Å². The molecule has 2 saturated heterocycles. The molecule has 0 aromatic carbocycles. The zero-order chi connectivity index (χ0) is 22.9. The van der Waals surface area contributed by atoms with Gasteiger partial charge in [-0.3, -0.25) is 0 Å². The molecule has 0 aromatic heterocycles. The van der Waals surface area contributed by atoms with Gasteiger partial charge in [0.2, 0.25) is 0 Å². The molecule has 2 aliphatic rings. The molecule has 2 rings (SSSR count). The summed E-state index contributed by atoms with van der Waals surface area (Å²) >= 11 is 7.06. The van der Waals surface area contributed by atoms with Gasteiger partial charge in [-0.1, -0.05) is 74.7 Å². The molecule has 0 atom stereocenters. The Morgan fingerprint density at radius 2 is 0.630 bits per heavy atom. The molecular weight excluding hydrogens is 368 g/mol. The highest BCUT2D eigenvalue weighted by Crippen LogP contribution is 2.05. The quantitative estimate of drug-likeness (QED) is 0.380. The van der Waals surface area contributed by atoms with Gasteiger partial charge in [0, 0.05) is 0 Å². The third kappa shape index (κ3) is 58.4. The van der Waals surface area contributed by atoms with Crippen LogP contribution < -0.4 is 0 Å². The highest BCUT2D eigenvalue weighted by atomic mass is 32.1. The molecule has 0 aliphatic carbocycles. The van der Waals surface area contributed by atoms with Crippen molar-refractivity contribution in [1.29, 1.82) is 0 Å². The van der Waals surface area contributed by atoms with Gasteiger partial charge >= 0.3 is 0 Å². The summed E-state index contributed by atoms with van der Waals surface area (Å²) in [6.07, 6.45) is 13.2. The molecule has 0 unspecified atom stereocenters. The summed E-state index contributed by atoms with van der Waals surface area (Å²) < 4.78 is 0. The zero-order valence-corrected chi connectivity index (χ0v) is 23.4. The second-order valence-corrected chi connectivity index (χ2v) is 5.43. The van der Waals surface area contributed by atoms with Crippen LogP contribution in [0.15, 0.2) is 0 Å². The van der Waals surface area contributed by atoms with E-state index >= 15 is 0 Å². The van der Waals surface area contributed by atoms with Gasteiger partial charge in [0.15, 0.2) is 0 Å². The second-order valence-electron chi connectivity index (χ2n) is 5.43. The van der Waals surface area contributed by atoms with Crippen LogP contribution in [-0.2, 0) is 0 Å². The fourth-order valence-corrected chi connectivity index (χ4v) is 2.10. The highest BCUT2D eigenvalue weighted by Gasteiger charge is 2.02. The van der Waals surface area contributed by atoms with E-state index in [1.54, 1.807) is 12.5 Å². The molecule has 0 N–H and O–H groups in total. The number of thiol groups is 2. The molecule has 4 heteroatoms. The lowest BCUT2D eigenvalue weighted by atomic mass is 10.1. The molecule has 0 aromatic rings. The average molecular weight is 429 g/mol. The minimum absolute atomic E-state index is 1.25. The smallest absolute Gasteiger partial charge is 0.00218 e. The standard InChI is InChI=1S/2C6H13N.C3H8.3C2H6.2CH4S/c2*1-7-5-3-2-4-6-7;1-3-2;5*1-2/h2*2-6H2,1H3;3H2,1-2H3;3*1-2H3;2*2H,1H3. The maximum absolute atomic E-state index is 3.53. The van der Waals surface area contributed by atoms with Crippen LogP contribution in [0.1, 0.15) is 100 Å². The van der Waals surface area contributed by atoms with E-state index in [2.05, 4.69) is 63.0 Å². The number of likely N-dealkylation sites (tertiary alicyclic amines) is 2. The van der Waals surface area contributed by atoms with Crippen LogP contribution in [0.25, 0.3) is 0 Å². The van der Waals surface area contributed by atoms with Gasteiger partial charge < -0.3 is 9.80 Å². The van der Waals surface area contributed by atoms with E-state index in [4.69, 9.17) is 0 Å². The Kier molecular flexibility index (Phi) is 87.3. The summed E-state index contributed by atoms with van der Waals surface area (Å²) in [5.41, 5.74) is 0. The predicted octanol–water partition coefficient (Wildman–Crippen LogP) is 7.79. The largest absolute Gasteiger partial charge is 0.306 e. The van der Waals surface area contributed by atoms with E-state index in [0.717, 1.165) is 0 Å². The second kappa shape index (κ2) is 56.3. The average Bonchev–Trinajstić information content (AvgIpc) is 2.77. The predicted molar refractivity (Wildman–Crippen MR) is 143 cm³/mol. The van der Waals surface area contributed by atoms with Crippen LogP contribution in [0.5, 0.6) is 0 Å². The van der Waals surface area contributed by atoms with Crippen molar-refractivity contribution < 1.29 is 0 Å². The molecule has 2 fully saturated rings. The van der Waals surface area contributed by atoms with Gasteiger partial charge in [0.1, 0.15) is 0 Å². The first kappa shape index (κ1) is 41.9. The maximum atomic E-state index is 3.53. The first-order valence-corrected chi connectivity index (χ1v) is 13.3. The summed E-state index contributed by atoms with van der Waals surface area (Å²) in [7, 11) is 4.39. The van der Waals surface area contributed by atoms with Gasteiger partial charge in [-0.05, 0) is 78.5 Å². The third-order valence-electron chi connectivity index (χ3n) is 3.16. The summed E-state index contributed by atoms with van der Waals surface area (Å²) in [4.78, 5) is 4.78. The first-order valence-electron chi connectivity index (χ1n) is 11.5. The summed E-state index contributed by atoms with van der Waals surface area (Å²) in [5.74, 6) is 0. The molecule has 0 radical (unpaired) electrons. The number of hydrogen-bond donors (Lipinski definition) is 2. The molecule has 0 amide bonds. The van der Waals surface area contributed by atoms with Crippen LogP contribution >= 0.6 is 25.3 Å². The molecule has 2 heterocycles. The van der Waals surface area contributed by atoms with E-state index in [-0.39, 0.29) is 0 Å². The van der Waals surface area contributed by atoms with Crippen molar-refractivity contribution in [1.82, 2.24) is 9.80 Å². The molecule has 0 spiro atoms. The maximum Gasteiger partial charge on any atom is -0.00218 e. The lowest BCUT2D eigenvalue weighted by Crippen LogP contribution is -2.24. The molecule has 27 heavy (non-hydrogen) atoms. The summed E-state index contributed by atoms with van der Waals surface area (Å²) in [5, 5.41) is 0. The number of hydrogen-bond acceptors (Lipinski definition) is 4. The molecule has 2 nitrogen and oxygen atoms in total. The molecule has 0 bridgehead atoms. The Bertz CT molecular complexity index is 131. The summed E-state index contributed by atoms with van der Waals surface area (Å²) in [6.45, 7) is 21.5. The van der Waals surface area contributed by atoms with Crippen LogP contribution in [-0.4, -0.2) is 62.6 Å². The van der Waals surface area contributed by atoms with Crippen molar-refractivity contribution in [3.05, 3.63) is 0 Å². The van der Waals surface area contributed by atoms with Gasteiger partial charge in [-0.25, -0.2) is 0 Å². The van der Waals surface area contributed by atoms with Crippen molar-refractivity contribution in [2.24, 2.45) is 0 Å². The minimum Gasteiger partial charge on any atom is -0.306 e. The Hall–Kier alpha value is 0.620. The van der Waals surface area contributed by atoms with E-state index in [1.807, 2.05) is 41.5 Å². The van der Waals surface area contributed by atoms with Crippen molar-refractivity contribution in [2.45, 2.75) is 100 Å². The monoisotopic (exact) mass is 428 g/mol. The van der Waals surface area contributed by atoms with Crippen LogP contribution in [0, 0.1) is 0 Å². The molecular formula is C23H60N2S2. The third-order valence-corrected chi connectivity index (χ3v) is 3.16. The van der Waals surface area contributed by atoms with Gasteiger partial charge in [-0.2, -0.15) is 25.3 Å². The van der Waals surface area contributed by atoms with Crippen LogP contribution in [0.2, 0.25) is 0 Å². The normalized spacial score (nSPS) is 14.9. The lowest BCUT2D eigenvalue weighted by molar-refractivity contribution is 0.277. The van der Waals surface area contributed by atoms with Crippen molar-refractivity contribution >= 4 is 25.3 Å². The van der Waals surface area contributed by atoms with Crippen molar-refractivity contribution in [3.8, 4) is 0 Å². The highest BCUT2D eigenvalue weighted by molar-refractivity contribution is 7.79. The zero-order valence-electron chi connectivity index (χ0n) is 21.6. The number of nitrogens with zero attached hydrogens (tertiary/aromatic N) is 2. The van der Waals surface area contributed by atoms with Crippen LogP contribution in [0.4, 0.5) is 0 Å². The fourth-order valence-electron chi connectivity index (χ4n) is 2.10. The van der Waals surface area contributed by atoms with Gasteiger partial charge in [0.25, 0.3) is 0 Å². The molecule has 174 valence electrons. The Balaban J connectivity index is -0.0000000516. The first-order chi connectivity index (χ1) is 13.2. The topological polar surface area (TPSA) is 6.48 Å². The van der Waals surface area contributed by atoms with Gasteiger partial charge in [-0.15, -0.1) is 0 Å². The van der Waals surface area contributed by atoms with Gasteiger partial charge in [0.05, 0.1) is 0 Å². The van der Waals surface area contributed by atoms with Crippen molar-refractivity contribution in [2.75, 3.05) is 52.8 Å². The van der Waals surface area contributed by atoms with E-state index in [0.29, 0.717) is 0 Å². The minimum atomic E-state index is 1.25. The number of piperidine rings is 2. The molecule has 0 saturated carbocycles. The Morgan fingerprint density at radius 1 is 0.481 bits per heavy atom. The molecule has 2 aliphatic heterocycles.